The van der Waals surface area contributed by atoms with Crippen LogP contribution in [0, 0.1) is 17.8 Å². The number of phenolic OH excluding ortho intramolecular Hbond substituents is 1. The Morgan fingerprint density at radius 3 is 2.67 bits per heavy atom. The number of halogens is 1. The van der Waals surface area contributed by atoms with Gasteiger partial charge in [0.2, 0.25) is 11.8 Å². The summed E-state index contributed by atoms with van der Waals surface area (Å²) in [6, 6.07) is 5.06. The van der Waals surface area contributed by atoms with Gasteiger partial charge in [-0.15, -0.1) is 0 Å². The number of phenols is 1. The molecular weight excluding hydrogens is 438 g/mol. The number of aromatic hydroxyl groups is 1. The molecule has 2 aliphatic heterocycles. The van der Waals surface area contributed by atoms with Crippen LogP contribution in [0.3, 0.4) is 0 Å². The Balaban J connectivity index is 1.50. The van der Waals surface area contributed by atoms with Gasteiger partial charge in [-0.3, -0.25) is 14.5 Å². The number of fused-ring (bicyclic) bond motifs is 3. The highest BCUT2D eigenvalue weighted by molar-refractivity contribution is 6.32. The number of imide groups is 1. The minimum absolute atomic E-state index is 0.000333. The number of benzene rings is 1. The quantitative estimate of drug-likeness (QED) is 0.387. The third-order valence-electron chi connectivity index (χ3n) is 7.33. The third kappa shape index (κ3) is 4.63. The van der Waals surface area contributed by atoms with Crippen LogP contribution in [0.2, 0.25) is 5.02 Å². The SMILES string of the molecule is CCC/C(=C\c1ccc(O)cc1Cl)CC[C@H]1OC[C@H]2C1=C(C)C[C@H]1C(=O)N(CCC)C(=O)[C@H]12. The summed E-state index contributed by atoms with van der Waals surface area (Å²) < 4.78 is 6.25. The van der Waals surface area contributed by atoms with Gasteiger partial charge in [0.05, 0.1) is 29.6 Å². The molecule has 2 heterocycles. The first kappa shape index (κ1) is 24.0. The molecule has 2 fully saturated rings. The van der Waals surface area contributed by atoms with E-state index in [1.165, 1.54) is 21.6 Å². The van der Waals surface area contributed by atoms with Crippen molar-refractivity contribution >= 4 is 29.5 Å². The maximum absolute atomic E-state index is 13.1. The van der Waals surface area contributed by atoms with E-state index >= 15 is 0 Å². The van der Waals surface area contributed by atoms with Crippen molar-refractivity contribution in [2.75, 3.05) is 13.2 Å². The molecule has 0 saturated carbocycles. The number of hydrogen-bond donors (Lipinski definition) is 1. The van der Waals surface area contributed by atoms with E-state index in [0.717, 1.165) is 37.7 Å². The summed E-state index contributed by atoms with van der Waals surface area (Å²) >= 11 is 6.32. The molecule has 1 aromatic rings. The zero-order valence-electron chi connectivity index (χ0n) is 19.8. The lowest BCUT2D eigenvalue weighted by atomic mass is 9.70. The summed E-state index contributed by atoms with van der Waals surface area (Å²) in [7, 11) is 0. The first-order valence-corrected chi connectivity index (χ1v) is 12.6. The molecule has 0 bridgehead atoms. The molecular formula is C27H34ClNO4. The van der Waals surface area contributed by atoms with Crippen molar-refractivity contribution in [3.8, 4) is 5.75 Å². The molecule has 1 N–H and O–H groups in total. The van der Waals surface area contributed by atoms with E-state index in [4.69, 9.17) is 16.3 Å². The Bertz CT molecular complexity index is 998. The van der Waals surface area contributed by atoms with Crippen LogP contribution < -0.4 is 0 Å². The van der Waals surface area contributed by atoms with Crippen LogP contribution in [0.5, 0.6) is 5.75 Å². The van der Waals surface area contributed by atoms with Crippen LogP contribution in [0.4, 0.5) is 0 Å². The fraction of sp³-hybridized carbons (Fsp3) is 0.556. The molecule has 33 heavy (non-hydrogen) atoms. The topological polar surface area (TPSA) is 66.8 Å². The third-order valence-corrected chi connectivity index (χ3v) is 7.66. The summed E-state index contributed by atoms with van der Waals surface area (Å²) in [5.74, 6) is -0.277. The molecule has 5 nitrogen and oxygen atoms in total. The summed E-state index contributed by atoms with van der Waals surface area (Å²) in [6.45, 7) is 7.31. The van der Waals surface area contributed by atoms with Crippen LogP contribution in [-0.2, 0) is 14.3 Å². The largest absolute Gasteiger partial charge is 0.508 e. The molecule has 4 rings (SSSR count). The average Bonchev–Trinajstić information content (AvgIpc) is 3.30. The highest BCUT2D eigenvalue weighted by Crippen LogP contribution is 2.49. The predicted molar refractivity (Wildman–Crippen MR) is 130 cm³/mol. The Morgan fingerprint density at radius 2 is 1.97 bits per heavy atom. The van der Waals surface area contributed by atoms with Gasteiger partial charge in [-0.2, -0.15) is 0 Å². The number of carbonyl (C=O) groups is 2. The highest BCUT2D eigenvalue weighted by atomic mass is 35.5. The molecule has 6 heteroatoms. The number of carbonyl (C=O) groups excluding carboxylic acids is 2. The second-order valence-electron chi connectivity index (χ2n) is 9.63. The molecule has 0 aromatic heterocycles. The van der Waals surface area contributed by atoms with Gasteiger partial charge < -0.3 is 9.84 Å². The lowest BCUT2D eigenvalue weighted by Gasteiger charge is -2.30. The van der Waals surface area contributed by atoms with Crippen LogP contribution in [-0.4, -0.2) is 41.1 Å². The fourth-order valence-corrected chi connectivity index (χ4v) is 6.13. The minimum atomic E-state index is -0.255. The Hall–Kier alpha value is -2.11. The van der Waals surface area contributed by atoms with Gasteiger partial charge in [0.1, 0.15) is 5.75 Å². The first-order chi connectivity index (χ1) is 15.8. The number of likely N-dealkylation sites (tertiary alicyclic amines) is 1. The highest BCUT2D eigenvalue weighted by Gasteiger charge is 2.56. The van der Waals surface area contributed by atoms with Crippen LogP contribution >= 0.6 is 11.6 Å². The predicted octanol–water partition coefficient (Wildman–Crippen LogP) is 5.76. The van der Waals surface area contributed by atoms with E-state index in [2.05, 4.69) is 19.9 Å². The van der Waals surface area contributed by atoms with Gasteiger partial charge in [-0.05, 0) is 68.4 Å². The maximum atomic E-state index is 13.1. The molecule has 0 radical (unpaired) electrons. The van der Waals surface area contributed by atoms with Crippen LogP contribution in [0.25, 0.3) is 6.08 Å². The number of nitrogens with zero attached hydrogens (tertiary/aromatic N) is 1. The summed E-state index contributed by atoms with van der Waals surface area (Å²) in [6.07, 6.45) is 7.30. The van der Waals surface area contributed by atoms with Crippen molar-refractivity contribution in [1.82, 2.24) is 4.90 Å². The van der Waals surface area contributed by atoms with Gasteiger partial charge in [0.25, 0.3) is 0 Å². The number of rotatable bonds is 8. The number of ether oxygens (including phenoxy) is 1. The molecule has 178 valence electrons. The fourth-order valence-electron chi connectivity index (χ4n) is 5.90. The maximum Gasteiger partial charge on any atom is 0.233 e. The number of hydrogen-bond acceptors (Lipinski definition) is 4. The summed E-state index contributed by atoms with van der Waals surface area (Å²) in [4.78, 5) is 27.5. The molecule has 3 aliphatic rings. The average molecular weight is 472 g/mol. The second-order valence-corrected chi connectivity index (χ2v) is 10.0. The van der Waals surface area contributed by atoms with E-state index in [1.807, 2.05) is 13.0 Å². The van der Waals surface area contributed by atoms with Crippen molar-refractivity contribution in [2.24, 2.45) is 17.8 Å². The van der Waals surface area contributed by atoms with Gasteiger partial charge >= 0.3 is 0 Å². The monoisotopic (exact) mass is 471 g/mol. The van der Waals surface area contributed by atoms with Crippen molar-refractivity contribution in [3.05, 3.63) is 45.5 Å². The van der Waals surface area contributed by atoms with Gasteiger partial charge in [0.15, 0.2) is 0 Å². The van der Waals surface area contributed by atoms with Gasteiger partial charge in [-0.25, -0.2) is 0 Å². The lowest BCUT2D eigenvalue weighted by molar-refractivity contribution is -0.140. The first-order valence-electron chi connectivity index (χ1n) is 12.2. The normalized spacial score (nSPS) is 27.4. The Morgan fingerprint density at radius 1 is 1.18 bits per heavy atom. The number of amides is 2. The molecule has 0 unspecified atom stereocenters. The minimum Gasteiger partial charge on any atom is -0.508 e. The van der Waals surface area contributed by atoms with Crippen LogP contribution in [0.15, 0.2) is 34.9 Å². The molecule has 4 atom stereocenters. The van der Waals surface area contributed by atoms with E-state index in [9.17, 15) is 14.7 Å². The summed E-state index contributed by atoms with van der Waals surface area (Å²) in [5, 5.41) is 10.2. The zero-order chi connectivity index (χ0) is 23.7. The summed E-state index contributed by atoms with van der Waals surface area (Å²) in [5.41, 5.74) is 4.69. The van der Waals surface area contributed by atoms with Crippen LogP contribution in [0.1, 0.15) is 64.9 Å². The van der Waals surface area contributed by atoms with Crippen molar-refractivity contribution < 1.29 is 19.4 Å². The zero-order valence-corrected chi connectivity index (χ0v) is 20.5. The van der Waals surface area contributed by atoms with E-state index < -0.39 is 0 Å². The van der Waals surface area contributed by atoms with Gasteiger partial charge in [0, 0.05) is 12.5 Å². The lowest BCUT2D eigenvalue weighted by Crippen LogP contribution is -2.34. The molecule has 2 amide bonds. The van der Waals surface area contributed by atoms with E-state index in [0.29, 0.717) is 24.6 Å². The molecule has 2 saturated heterocycles. The Kier molecular flexibility index (Phi) is 7.30. The molecule has 1 aromatic carbocycles. The van der Waals surface area contributed by atoms with E-state index in [1.54, 1.807) is 12.1 Å². The standard InChI is InChI=1S/C27H34ClNO4/c1-4-6-17(13-18-8-9-19(30)14-22(18)28)7-10-23-24-16(3)12-20-25(21(24)15-33-23)27(32)29(11-5-2)26(20)31/h8-9,13-14,20-21,23,25,30H,4-7,10-12,15H2,1-3H3/b17-13+/t20-,21+,23-,25-/m1/s1. The van der Waals surface area contributed by atoms with Crippen molar-refractivity contribution in [2.45, 2.75) is 65.4 Å². The molecule has 0 spiro atoms. The Labute approximate surface area is 201 Å². The second kappa shape index (κ2) is 10.0. The molecule has 1 aliphatic carbocycles. The number of allylic oxidation sites excluding steroid dienone is 2. The van der Waals surface area contributed by atoms with E-state index in [-0.39, 0.29) is 41.4 Å². The smallest absolute Gasteiger partial charge is 0.233 e. The van der Waals surface area contributed by atoms with Crippen molar-refractivity contribution in [1.29, 1.82) is 0 Å². The van der Waals surface area contributed by atoms with Gasteiger partial charge in [-0.1, -0.05) is 49.1 Å². The van der Waals surface area contributed by atoms with Crippen molar-refractivity contribution in [3.63, 3.8) is 0 Å².